The van der Waals surface area contributed by atoms with Crippen molar-refractivity contribution in [2.45, 2.75) is 51.8 Å². The number of hydrogen-bond donors (Lipinski definition) is 3. The van der Waals surface area contributed by atoms with Gasteiger partial charge in [-0.3, -0.25) is 14.4 Å². The first-order valence-corrected chi connectivity index (χ1v) is 14.6. The molecule has 1 aliphatic heterocycles. The summed E-state index contributed by atoms with van der Waals surface area (Å²) in [6.07, 6.45) is 0.791. The first kappa shape index (κ1) is 31.5. The van der Waals surface area contributed by atoms with E-state index < -0.39 is 24.0 Å². The molecular formula is C33H40N4O6. The Morgan fingerprint density at radius 3 is 2.05 bits per heavy atom. The van der Waals surface area contributed by atoms with Crippen LogP contribution in [0.3, 0.4) is 0 Å². The molecule has 1 heterocycles. The van der Waals surface area contributed by atoms with Crippen LogP contribution in [0, 0.1) is 0 Å². The number of hydrogen-bond acceptors (Lipinski definition) is 7. The van der Waals surface area contributed by atoms with Gasteiger partial charge < -0.3 is 35.8 Å². The molecule has 0 unspecified atom stereocenters. The van der Waals surface area contributed by atoms with Gasteiger partial charge in [-0.05, 0) is 60.7 Å². The molecule has 0 spiro atoms. The lowest BCUT2D eigenvalue weighted by atomic mass is 10.00. The molecular weight excluding hydrogens is 548 g/mol. The van der Waals surface area contributed by atoms with Crippen molar-refractivity contribution in [3.05, 3.63) is 94.5 Å². The average molecular weight is 589 g/mol. The molecule has 3 aromatic carbocycles. The second kappa shape index (κ2) is 14.7. The zero-order chi connectivity index (χ0) is 30.9. The van der Waals surface area contributed by atoms with Gasteiger partial charge in [-0.25, -0.2) is 0 Å². The van der Waals surface area contributed by atoms with Crippen LogP contribution in [0.1, 0.15) is 68.9 Å². The van der Waals surface area contributed by atoms with Gasteiger partial charge in [0.2, 0.25) is 12.7 Å². The Bertz CT molecular complexity index is 1420. The number of primary amides is 1. The fourth-order valence-corrected chi connectivity index (χ4v) is 5.10. The molecule has 0 saturated carbocycles. The van der Waals surface area contributed by atoms with Gasteiger partial charge in [0.05, 0.1) is 6.10 Å². The highest BCUT2D eigenvalue weighted by Gasteiger charge is 2.26. The van der Waals surface area contributed by atoms with Gasteiger partial charge in [0.15, 0.2) is 11.5 Å². The zero-order valence-electron chi connectivity index (χ0n) is 24.7. The third kappa shape index (κ3) is 8.12. The van der Waals surface area contributed by atoms with E-state index in [0.717, 1.165) is 24.0 Å². The van der Waals surface area contributed by atoms with Crippen molar-refractivity contribution >= 4 is 17.7 Å². The summed E-state index contributed by atoms with van der Waals surface area (Å²) in [4.78, 5) is 42.9. The fraction of sp³-hybridized carbons (Fsp3) is 0.364. The molecule has 228 valence electrons. The molecule has 4 rings (SSSR count). The van der Waals surface area contributed by atoms with Crippen LogP contribution in [0.25, 0.3) is 0 Å². The molecule has 0 aromatic heterocycles. The summed E-state index contributed by atoms with van der Waals surface area (Å²) >= 11 is 0. The molecule has 1 aliphatic rings. The van der Waals surface area contributed by atoms with E-state index >= 15 is 0 Å². The average Bonchev–Trinajstić information content (AvgIpc) is 3.48. The van der Waals surface area contributed by atoms with Crippen molar-refractivity contribution in [2.75, 3.05) is 26.4 Å². The van der Waals surface area contributed by atoms with Crippen LogP contribution < -0.4 is 20.9 Å². The molecule has 10 heteroatoms. The second-order valence-corrected chi connectivity index (χ2v) is 10.7. The third-order valence-corrected chi connectivity index (χ3v) is 7.30. The van der Waals surface area contributed by atoms with Gasteiger partial charge >= 0.3 is 0 Å². The number of carbonyl (C=O) groups excluding carboxylic acids is 3. The number of amides is 3. The second-order valence-electron chi connectivity index (χ2n) is 10.7. The van der Waals surface area contributed by atoms with E-state index in [2.05, 4.69) is 0 Å². The van der Waals surface area contributed by atoms with Crippen molar-refractivity contribution in [1.29, 1.82) is 0 Å². The number of aliphatic hydroxyl groups excluding tert-OH is 1. The standard InChI is InChI=1S/C33H40N4O6/c1-3-12-36(13-4-2)32(40)25-16-24(31(35)39)17-26(18-25)33(41)37(19-22-8-6-5-7-9-22)20-28(38)27(34)14-23-10-11-29-30(15-23)43-21-42-29/h5-11,15-18,27-28,38H,3-4,12-14,19-21,34H2,1-2H3,(H2,35,39)/t27-,28+/m0/s1. The van der Waals surface area contributed by atoms with Gasteiger partial charge in [0.1, 0.15) is 0 Å². The van der Waals surface area contributed by atoms with E-state index in [4.69, 9.17) is 20.9 Å². The zero-order valence-corrected chi connectivity index (χ0v) is 24.7. The van der Waals surface area contributed by atoms with Crippen molar-refractivity contribution in [2.24, 2.45) is 11.5 Å². The summed E-state index contributed by atoms with van der Waals surface area (Å²) in [6, 6.07) is 18.5. The van der Waals surface area contributed by atoms with Gasteiger partial charge in [0, 0.05) is 48.9 Å². The first-order chi connectivity index (χ1) is 20.7. The first-order valence-electron chi connectivity index (χ1n) is 14.6. The molecule has 3 aromatic rings. The Hall–Kier alpha value is -4.41. The number of benzene rings is 3. The van der Waals surface area contributed by atoms with Crippen molar-refractivity contribution in [1.82, 2.24) is 9.80 Å². The summed E-state index contributed by atoms with van der Waals surface area (Å²) in [6.45, 7) is 5.30. The largest absolute Gasteiger partial charge is 0.454 e. The predicted molar refractivity (Wildman–Crippen MR) is 163 cm³/mol. The quantitative estimate of drug-likeness (QED) is 0.262. The van der Waals surface area contributed by atoms with Crippen molar-refractivity contribution in [3.8, 4) is 11.5 Å². The summed E-state index contributed by atoms with van der Waals surface area (Å²) in [5.41, 5.74) is 14.1. The minimum atomic E-state index is -1.08. The van der Waals surface area contributed by atoms with E-state index in [9.17, 15) is 19.5 Å². The van der Waals surface area contributed by atoms with Crippen LogP contribution in [-0.2, 0) is 13.0 Å². The van der Waals surface area contributed by atoms with Crippen LogP contribution in [0.5, 0.6) is 11.5 Å². The lowest BCUT2D eigenvalue weighted by molar-refractivity contribution is 0.0554. The molecule has 0 aliphatic carbocycles. The maximum absolute atomic E-state index is 14.0. The molecule has 10 nitrogen and oxygen atoms in total. The maximum atomic E-state index is 14.0. The molecule has 0 radical (unpaired) electrons. The normalized spacial score (nSPS) is 13.3. The number of carbonyl (C=O) groups is 3. The highest BCUT2D eigenvalue weighted by atomic mass is 16.7. The number of nitrogens with two attached hydrogens (primary N) is 2. The Balaban J connectivity index is 1.61. The Morgan fingerprint density at radius 2 is 1.42 bits per heavy atom. The summed E-state index contributed by atoms with van der Waals surface area (Å²) in [5, 5.41) is 11.2. The maximum Gasteiger partial charge on any atom is 0.254 e. The number of fused-ring (bicyclic) bond motifs is 1. The molecule has 5 N–H and O–H groups in total. The minimum absolute atomic E-state index is 0.0573. The highest BCUT2D eigenvalue weighted by Crippen LogP contribution is 2.33. The predicted octanol–water partition coefficient (Wildman–Crippen LogP) is 3.35. The number of ether oxygens (including phenoxy) is 2. The van der Waals surface area contributed by atoms with Crippen LogP contribution in [-0.4, -0.2) is 71.2 Å². The van der Waals surface area contributed by atoms with Crippen LogP contribution in [0.15, 0.2) is 66.7 Å². The third-order valence-electron chi connectivity index (χ3n) is 7.30. The minimum Gasteiger partial charge on any atom is -0.454 e. The van der Waals surface area contributed by atoms with Crippen molar-refractivity contribution < 1.29 is 29.0 Å². The van der Waals surface area contributed by atoms with Gasteiger partial charge in [-0.2, -0.15) is 0 Å². The summed E-state index contributed by atoms with van der Waals surface area (Å²) in [7, 11) is 0. The summed E-state index contributed by atoms with van der Waals surface area (Å²) < 4.78 is 10.8. The Morgan fingerprint density at radius 1 is 0.814 bits per heavy atom. The van der Waals surface area contributed by atoms with Crippen LogP contribution in [0.4, 0.5) is 0 Å². The lowest BCUT2D eigenvalue weighted by Crippen LogP contribution is -2.46. The van der Waals surface area contributed by atoms with E-state index in [1.165, 1.54) is 23.1 Å². The van der Waals surface area contributed by atoms with E-state index in [1.54, 1.807) is 11.0 Å². The number of rotatable bonds is 14. The lowest BCUT2D eigenvalue weighted by Gasteiger charge is -2.29. The van der Waals surface area contributed by atoms with Crippen LogP contribution in [0.2, 0.25) is 0 Å². The summed E-state index contributed by atoms with van der Waals surface area (Å²) in [5.74, 6) is -0.215. The number of aliphatic hydroxyl groups is 1. The molecule has 2 atom stereocenters. The SMILES string of the molecule is CCCN(CCC)C(=O)c1cc(C(N)=O)cc(C(=O)N(Cc2ccccc2)C[C@@H](O)[C@@H](N)Cc2ccc3c(c2)OCO3)c1. The molecule has 0 saturated heterocycles. The fourth-order valence-electron chi connectivity index (χ4n) is 5.10. The van der Waals surface area contributed by atoms with E-state index in [1.807, 2.05) is 56.3 Å². The smallest absolute Gasteiger partial charge is 0.254 e. The van der Waals surface area contributed by atoms with Crippen LogP contribution >= 0.6 is 0 Å². The topological polar surface area (TPSA) is 148 Å². The van der Waals surface area contributed by atoms with E-state index in [-0.39, 0.29) is 42.5 Å². The van der Waals surface area contributed by atoms with Crippen molar-refractivity contribution in [3.63, 3.8) is 0 Å². The Kier molecular flexibility index (Phi) is 10.7. The van der Waals surface area contributed by atoms with Gasteiger partial charge in [0.25, 0.3) is 11.8 Å². The Labute approximate surface area is 252 Å². The molecule has 3 amide bonds. The molecule has 0 fully saturated rings. The molecule has 43 heavy (non-hydrogen) atoms. The highest BCUT2D eigenvalue weighted by molar-refractivity contribution is 6.04. The number of nitrogens with zero attached hydrogens (tertiary/aromatic N) is 2. The van der Waals surface area contributed by atoms with Gasteiger partial charge in [-0.1, -0.05) is 50.2 Å². The molecule has 0 bridgehead atoms. The monoisotopic (exact) mass is 588 g/mol. The van der Waals surface area contributed by atoms with E-state index in [0.29, 0.717) is 31.0 Å². The van der Waals surface area contributed by atoms with Gasteiger partial charge in [-0.15, -0.1) is 0 Å².